The van der Waals surface area contributed by atoms with Gasteiger partial charge in [-0.25, -0.2) is 8.42 Å². The maximum atomic E-state index is 12.6. The monoisotopic (exact) mass is 455 g/mol. The molecule has 3 aromatic rings. The van der Waals surface area contributed by atoms with Crippen LogP contribution >= 0.6 is 0 Å². The number of pyridine rings is 1. The molecule has 0 spiro atoms. The molecule has 170 valence electrons. The zero-order chi connectivity index (χ0) is 23.5. The third kappa shape index (κ3) is 5.62. The van der Waals surface area contributed by atoms with Crippen molar-refractivity contribution in [1.82, 2.24) is 14.5 Å². The number of sulfone groups is 1. The van der Waals surface area contributed by atoms with Crippen LogP contribution in [0.2, 0.25) is 0 Å². The van der Waals surface area contributed by atoms with Gasteiger partial charge in [0.15, 0.2) is 9.84 Å². The fraction of sp³-hybridized carbons (Fsp3) is 0.375. The summed E-state index contributed by atoms with van der Waals surface area (Å²) >= 11 is 0. The highest BCUT2D eigenvalue weighted by Gasteiger charge is 2.17. The molecule has 0 atom stereocenters. The number of aromatic nitrogens is 3. The molecule has 2 aromatic heterocycles. The number of benzene rings is 1. The summed E-state index contributed by atoms with van der Waals surface area (Å²) in [6.45, 7) is 7.55. The van der Waals surface area contributed by atoms with E-state index in [0.717, 1.165) is 17.5 Å². The van der Waals surface area contributed by atoms with Crippen LogP contribution in [0.4, 0.5) is 0 Å². The van der Waals surface area contributed by atoms with Gasteiger partial charge in [-0.1, -0.05) is 31.5 Å². The second-order valence-electron chi connectivity index (χ2n) is 8.12. The Morgan fingerprint density at radius 2 is 1.72 bits per heavy atom. The fourth-order valence-electron chi connectivity index (χ4n) is 3.47. The van der Waals surface area contributed by atoms with Crippen molar-refractivity contribution in [3.05, 3.63) is 69.3 Å². The number of rotatable bonds is 8. The van der Waals surface area contributed by atoms with E-state index in [0.29, 0.717) is 34.7 Å². The summed E-state index contributed by atoms with van der Waals surface area (Å²) < 4.78 is 32.7. The van der Waals surface area contributed by atoms with E-state index in [4.69, 9.17) is 4.74 Å². The molecule has 0 radical (unpaired) electrons. The van der Waals surface area contributed by atoms with E-state index in [1.165, 1.54) is 4.57 Å². The van der Waals surface area contributed by atoms with Crippen molar-refractivity contribution in [3.8, 4) is 23.0 Å². The molecule has 0 aliphatic carbocycles. The highest BCUT2D eigenvalue weighted by Crippen LogP contribution is 2.29. The zero-order valence-electron chi connectivity index (χ0n) is 19.2. The molecule has 0 bridgehead atoms. The van der Waals surface area contributed by atoms with Crippen LogP contribution in [0.1, 0.15) is 42.1 Å². The van der Waals surface area contributed by atoms with Crippen LogP contribution in [-0.4, -0.2) is 28.7 Å². The molecule has 0 N–H and O–H groups in total. The highest BCUT2D eigenvalue weighted by atomic mass is 32.2. The van der Waals surface area contributed by atoms with Gasteiger partial charge in [-0.05, 0) is 50.5 Å². The summed E-state index contributed by atoms with van der Waals surface area (Å²) in [5, 5.41) is 0. The second-order valence-corrected chi connectivity index (χ2v) is 10.3. The summed E-state index contributed by atoms with van der Waals surface area (Å²) in [6, 6.07) is 9.26. The number of hydrogen-bond acceptors (Lipinski definition) is 6. The van der Waals surface area contributed by atoms with Gasteiger partial charge in [-0.15, -0.1) is 0 Å². The van der Waals surface area contributed by atoms with Gasteiger partial charge in [-0.2, -0.15) is 9.97 Å². The number of ether oxygens (including phenoxy) is 1. The van der Waals surface area contributed by atoms with Gasteiger partial charge in [0, 0.05) is 24.4 Å². The standard InChI is InChI=1S/C24H29N3O4S/c1-6-7-11-32(29,30)15-20-13-21(19-12-18(4)23(28)27(5)14-19)26-24(25-20)31-22-16(2)9-8-10-17(22)3/h8-10,12-14H,6-7,11,15H2,1-5H3. The van der Waals surface area contributed by atoms with Crippen LogP contribution in [0.5, 0.6) is 11.8 Å². The summed E-state index contributed by atoms with van der Waals surface area (Å²) in [6.07, 6.45) is 3.08. The number of unbranched alkanes of at least 4 members (excludes halogenated alkanes) is 1. The molecule has 3 rings (SSSR count). The van der Waals surface area contributed by atoms with E-state index in [1.807, 2.05) is 39.0 Å². The van der Waals surface area contributed by atoms with Crippen molar-refractivity contribution in [2.75, 3.05) is 5.75 Å². The molecular weight excluding hydrogens is 426 g/mol. The Hall–Kier alpha value is -3.00. The third-order valence-electron chi connectivity index (χ3n) is 5.20. The zero-order valence-corrected chi connectivity index (χ0v) is 20.0. The first-order valence-electron chi connectivity index (χ1n) is 10.6. The molecule has 0 aliphatic rings. The minimum Gasteiger partial charge on any atom is -0.424 e. The third-order valence-corrected chi connectivity index (χ3v) is 6.84. The fourth-order valence-corrected chi connectivity index (χ4v) is 4.94. The van der Waals surface area contributed by atoms with E-state index in [2.05, 4.69) is 9.97 Å². The van der Waals surface area contributed by atoms with E-state index in [-0.39, 0.29) is 23.1 Å². The predicted molar refractivity (Wildman–Crippen MR) is 126 cm³/mol. The number of para-hydroxylation sites is 1. The van der Waals surface area contributed by atoms with Gasteiger partial charge in [0.2, 0.25) is 0 Å². The van der Waals surface area contributed by atoms with Gasteiger partial charge in [0.25, 0.3) is 5.56 Å². The Bertz CT molecular complexity index is 1250. The first-order chi connectivity index (χ1) is 15.1. The summed E-state index contributed by atoms with van der Waals surface area (Å²) in [4.78, 5) is 21.1. The summed E-state index contributed by atoms with van der Waals surface area (Å²) in [5.41, 5.74) is 3.86. The van der Waals surface area contributed by atoms with Crippen molar-refractivity contribution in [2.45, 2.75) is 46.3 Å². The minimum atomic E-state index is -3.33. The lowest BCUT2D eigenvalue weighted by atomic mass is 10.1. The molecule has 32 heavy (non-hydrogen) atoms. The van der Waals surface area contributed by atoms with Crippen molar-refractivity contribution < 1.29 is 13.2 Å². The Morgan fingerprint density at radius 3 is 2.34 bits per heavy atom. The molecule has 0 saturated carbocycles. The van der Waals surface area contributed by atoms with Crippen molar-refractivity contribution in [1.29, 1.82) is 0 Å². The topological polar surface area (TPSA) is 91.2 Å². The first kappa shape index (κ1) is 23.7. The minimum absolute atomic E-state index is 0.0760. The van der Waals surface area contributed by atoms with Gasteiger partial charge >= 0.3 is 6.01 Å². The normalized spacial score (nSPS) is 11.5. The largest absolute Gasteiger partial charge is 0.424 e. The van der Waals surface area contributed by atoms with Gasteiger partial charge in [0.1, 0.15) is 5.75 Å². The Balaban J connectivity index is 2.10. The van der Waals surface area contributed by atoms with Crippen LogP contribution in [0.25, 0.3) is 11.3 Å². The van der Waals surface area contributed by atoms with Crippen LogP contribution in [0.3, 0.4) is 0 Å². The van der Waals surface area contributed by atoms with E-state index in [9.17, 15) is 13.2 Å². The number of hydrogen-bond donors (Lipinski definition) is 0. The van der Waals surface area contributed by atoms with E-state index < -0.39 is 9.84 Å². The van der Waals surface area contributed by atoms with Gasteiger partial charge in [0.05, 0.1) is 22.9 Å². The molecule has 0 amide bonds. The molecular formula is C24H29N3O4S. The average Bonchev–Trinajstić information content (AvgIpc) is 2.72. The molecule has 7 nitrogen and oxygen atoms in total. The van der Waals surface area contributed by atoms with Crippen molar-refractivity contribution in [3.63, 3.8) is 0 Å². The van der Waals surface area contributed by atoms with Crippen molar-refractivity contribution in [2.24, 2.45) is 7.05 Å². The van der Waals surface area contributed by atoms with Crippen LogP contribution in [-0.2, 0) is 22.6 Å². The Morgan fingerprint density at radius 1 is 1.03 bits per heavy atom. The maximum Gasteiger partial charge on any atom is 0.322 e. The van der Waals surface area contributed by atoms with E-state index >= 15 is 0 Å². The summed E-state index contributed by atoms with van der Waals surface area (Å²) in [5.74, 6) is 0.548. The van der Waals surface area contributed by atoms with Gasteiger partial charge < -0.3 is 9.30 Å². The second kappa shape index (κ2) is 9.65. The maximum absolute atomic E-state index is 12.6. The highest BCUT2D eigenvalue weighted by molar-refractivity contribution is 7.90. The van der Waals surface area contributed by atoms with Gasteiger partial charge in [-0.3, -0.25) is 4.79 Å². The van der Waals surface area contributed by atoms with Crippen LogP contribution in [0, 0.1) is 20.8 Å². The predicted octanol–water partition coefficient (Wildman–Crippen LogP) is 4.27. The number of nitrogens with zero attached hydrogens (tertiary/aromatic N) is 3. The summed E-state index contributed by atoms with van der Waals surface area (Å²) in [7, 11) is -1.65. The Labute approximate surface area is 189 Å². The molecule has 1 aromatic carbocycles. The van der Waals surface area contributed by atoms with Crippen LogP contribution < -0.4 is 10.3 Å². The molecule has 0 aliphatic heterocycles. The quantitative estimate of drug-likeness (QED) is 0.504. The van der Waals surface area contributed by atoms with E-state index in [1.54, 1.807) is 32.3 Å². The van der Waals surface area contributed by atoms with Crippen molar-refractivity contribution >= 4 is 9.84 Å². The lowest BCUT2D eigenvalue weighted by molar-refractivity contribution is 0.434. The lowest BCUT2D eigenvalue weighted by Gasteiger charge is -2.13. The molecule has 0 saturated heterocycles. The van der Waals surface area contributed by atoms with Crippen LogP contribution in [0.15, 0.2) is 41.3 Å². The molecule has 0 unspecified atom stereocenters. The lowest BCUT2D eigenvalue weighted by Crippen LogP contribution is -2.18. The molecule has 2 heterocycles. The average molecular weight is 456 g/mol. The molecule has 0 fully saturated rings. The SMILES string of the molecule is CCCCS(=O)(=O)Cc1cc(-c2cc(C)c(=O)n(C)c2)nc(Oc2c(C)cccc2C)n1. The smallest absolute Gasteiger partial charge is 0.322 e. The number of aryl methyl sites for hydroxylation is 4. The first-order valence-corrected chi connectivity index (χ1v) is 12.4. The molecule has 8 heteroatoms. The Kier molecular flexibility index (Phi) is 7.13.